The predicted octanol–water partition coefficient (Wildman–Crippen LogP) is 4.98. The third-order valence-corrected chi connectivity index (χ3v) is 5.91. The molecule has 2 aliphatic heterocycles. The summed E-state index contributed by atoms with van der Waals surface area (Å²) in [4.78, 5) is 17.5. The zero-order valence-corrected chi connectivity index (χ0v) is 16.7. The molecule has 0 radical (unpaired) electrons. The summed E-state index contributed by atoms with van der Waals surface area (Å²) in [6.07, 6.45) is 1.83. The Morgan fingerprint density at radius 2 is 1.89 bits per heavy atom. The fraction of sp³-hybridized carbons (Fsp3) is 0.409. The van der Waals surface area contributed by atoms with Crippen LogP contribution in [0.5, 0.6) is 5.75 Å². The van der Waals surface area contributed by atoms with Crippen LogP contribution < -0.4 is 9.64 Å². The molecule has 2 fully saturated rings. The number of methoxy groups -OCH3 is 1. The van der Waals surface area contributed by atoms with Gasteiger partial charge in [-0.25, -0.2) is 0 Å². The highest BCUT2D eigenvalue weighted by Crippen LogP contribution is 2.45. The molecule has 0 bridgehead atoms. The minimum atomic E-state index is -0.126. The summed E-state index contributed by atoms with van der Waals surface area (Å²) >= 11 is 6.26. The zero-order chi connectivity index (χ0) is 19.1. The van der Waals surface area contributed by atoms with E-state index in [1.807, 2.05) is 17.0 Å². The van der Waals surface area contributed by atoms with Crippen molar-refractivity contribution in [2.24, 2.45) is 0 Å². The van der Waals surface area contributed by atoms with E-state index in [1.54, 1.807) is 13.2 Å². The van der Waals surface area contributed by atoms with E-state index >= 15 is 0 Å². The lowest BCUT2D eigenvalue weighted by Gasteiger charge is -2.31. The SMILES string of the molecule is COc1ccc(Cl)cc1N1C(=O)C2CCCN2C1c1ccc(C(C)C)cc1. The van der Waals surface area contributed by atoms with Crippen LogP contribution >= 0.6 is 11.6 Å². The Bertz CT molecular complexity index is 850. The molecule has 2 atom stereocenters. The largest absolute Gasteiger partial charge is 0.495 e. The predicted molar refractivity (Wildman–Crippen MR) is 108 cm³/mol. The number of benzene rings is 2. The zero-order valence-electron chi connectivity index (χ0n) is 16.0. The molecule has 0 aliphatic carbocycles. The normalized spacial score (nSPS) is 22.6. The van der Waals surface area contributed by atoms with Crippen molar-refractivity contribution in [1.29, 1.82) is 0 Å². The van der Waals surface area contributed by atoms with Crippen molar-refractivity contribution in [1.82, 2.24) is 4.90 Å². The molecule has 27 heavy (non-hydrogen) atoms. The van der Waals surface area contributed by atoms with Gasteiger partial charge in [0, 0.05) is 11.6 Å². The van der Waals surface area contributed by atoms with Gasteiger partial charge >= 0.3 is 0 Å². The lowest BCUT2D eigenvalue weighted by atomic mass is 10.0. The van der Waals surface area contributed by atoms with Gasteiger partial charge in [-0.2, -0.15) is 0 Å². The Hall–Kier alpha value is -2.04. The molecule has 4 rings (SSSR count). The number of fused-ring (bicyclic) bond motifs is 1. The molecule has 142 valence electrons. The molecule has 2 aromatic carbocycles. The number of hydrogen-bond acceptors (Lipinski definition) is 3. The third kappa shape index (κ3) is 3.11. The first-order valence-corrected chi connectivity index (χ1v) is 9.91. The number of halogens is 1. The van der Waals surface area contributed by atoms with Gasteiger partial charge in [0.2, 0.25) is 5.91 Å². The minimum absolute atomic E-state index is 0.0662. The molecule has 0 spiro atoms. The van der Waals surface area contributed by atoms with E-state index in [0.29, 0.717) is 16.7 Å². The van der Waals surface area contributed by atoms with Crippen molar-refractivity contribution in [2.45, 2.75) is 44.8 Å². The number of ether oxygens (including phenoxy) is 1. The number of anilines is 1. The summed E-state index contributed by atoms with van der Waals surface area (Å²) in [6.45, 7) is 5.30. The van der Waals surface area contributed by atoms with E-state index in [1.165, 1.54) is 5.56 Å². The number of carbonyl (C=O) groups excluding carboxylic acids is 1. The number of amides is 1. The van der Waals surface area contributed by atoms with Crippen LogP contribution in [0.2, 0.25) is 5.02 Å². The van der Waals surface area contributed by atoms with Crippen LogP contribution in [-0.4, -0.2) is 30.5 Å². The number of rotatable bonds is 4. The Morgan fingerprint density at radius 3 is 2.56 bits per heavy atom. The molecule has 2 saturated heterocycles. The van der Waals surface area contributed by atoms with Crippen LogP contribution in [0.25, 0.3) is 0 Å². The summed E-state index contributed by atoms with van der Waals surface area (Å²) in [5.74, 6) is 1.27. The lowest BCUT2D eigenvalue weighted by Crippen LogP contribution is -2.32. The van der Waals surface area contributed by atoms with Crippen LogP contribution in [0.3, 0.4) is 0 Å². The number of hydrogen-bond donors (Lipinski definition) is 0. The maximum Gasteiger partial charge on any atom is 0.246 e. The number of carbonyl (C=O) groups is 1. The molecule has 2 aliphatic rings. The maximum atomic E-state index is 13.3. The Labute approximate surface area is 165 Å². The molecular weight excluding hydrogens is 360 g/mol. The van der Waals surface area contributed by atoms with Gasteiger partial charge in [-0.1, -0.05) is 49.7 Å². The lowest BCUT2D eigenvalue weighted by molar-refractivity contribution is -0.119. The molecule has 0 saturated carbocycles. The van der Waals surface area contributed by atoms with Crippen LogP contribution in [0.4, 0.5) is 5.69 Å². The summed E-state index contributed by atoms with van der Waals surface area (Å²) in [5.41, 5.74) is 3.16. The first-order chi connectivity index (χ1) is 13.0. The number of nitrogens with zero attached hydrogens (tertiary/aromatic N) is 2. The van der Waals surface area contributed by atoms with Crippen molar-refractivity contribution in [3.63, 3.8) is 0 Å². The fourth-order valence-corrected chi connectivity index (χ4v) is 4.44. The molecular formula is C22H25ClN2O2. The van der Waals surface area contributed by atoms with Gasteiger partial charge < -0.3 is 4.74 Å². The highest BCUT2D eigenvalue weighted by atomic mass is 35.5. The second-order valence-corrected chi connectivity index (χ2v) is 8.05. The standard InChI is InChI=1S/C22H25ClN2O2/c1-14(2)15-6-8-16(9-7-15)21-24-12-4-5-18(24)22(26)25(21)19-13-17(23)10-11-20(19)27-3/h6-11,13-14,18,21H,4-5,12H2,1-3H3. The quantitative estimate of drug-likeness (QED) is 0.745. The first kappa shape index (κ1) is 18.3. The molecule has 4 nitrogen and oxygen atoms in total. The van der Waals surface area contributed by atoms with E-state index in [4.69, 9.17) is 16.3 Å². The monoisotopic (exact) mass is 384 g/mol. The van der Waals surface area contributed by atoms with Crippen LogP contribution in [0, 0.1) is 0 Å². The third-order valence-electron chi connectivity index (χ3n) is 5.68. The minimum Gasteiger partial charge on any atom is -0.495 e. The van der Waals surface area contributed by atoms with Crippen molar-refractivity contribution in [3.8, 4) is 5.75 Å². The van der Waals surface area contributed by atoms with Gasteiger partial charge in [0.15, 0.2) is 0 Å². The highest BCUT2D eigenvalue weighted by molar-refractivity contribution is 6.31. The Kier molecular flexibility index (Phi) is 4.87. The van der Waals surface area contributed by atoms with Crippen molar-refractivity contribution < 1.29 is 9.53 Å². The van der Waals surface area contributed by atoms with Gasteiger partial charge in [0.05, 0.1) is 18.8 Å². The molecule has 0 aromatic heterocycles. The van der Waals surface area contributed by atoms with Gasteiger partial charge in [0.1, 0.15) is 11.9 Å². The average Bonchev–Trinajstić information content (AvgIpc) is 3.24. The summed E-state index contributed by atoms with van der Waals surface area (Å²) in [5, 5.41) is 0.597. The maximum absolute atomic E-state index is 13.3. The van der Waals surface area contributed by atoms with E-state index in [2.05, 4.69) is 43.0 Å². The van der Waals surface area contributed by atoms with Gasteiger partial charge in [0.25, 0.3) is 0 Å². The molecule has 2 unspecified atom stereocenters. The van der Waals surface area contributed by atoms with Crippen LogP contribution in [0.15, 0.2) is 42.5 Å². The summed E-state index contributed by atoms with van der Waals surface area (Å²) in [6, 6.07) is 14.0. The van der Waals surface area contributed by atoms with Crippen LogP contribution in [0.1, 0.15) is 49.9 Å². The topological polar surface area (TPSA) is 32.8 Å². The molecule has 0 N–H and O–H groups in total. The summed E-state index contributed by atoms with van der Waals surface area (Å²) in [7, 11) is 1.63. The van der Waals surface area contributed by atoms with E-state index in [-0.39, 0.29) is 18.1 Å². The van der Waals surface area contributed by atoms with Crippen LogP contribution in [-0.2, 0) is 4.79 Å². The molecule has 2 heterocycles. The second-order valence-electron chi connectivity index (χ2n) is 7.62. The van der Waals surface area contributed by atoms with E-state index < -0.39 is 0 Å². The Balaban J connectivity index is 1.81. The van der Waals surface area contributed by atoms with Gasteiger partial charge in [-0.3, -0.25) is 14.6 Å². The van der Waals surface area contributed by atoms with Crippen molar-refractivity contribution in [2.75, 3.05) is 18.6 Å². The van der Waals surface area contributed by atoms with Crippen molar-refractivity contribution >= 4 is 23.2 Å². The highest BCUT2D eigenvalue weighted by Gasteiger charge is 2.50. The van der Waals surface area contributed by atoms with Crippen molar-refractivity contribution in [3.05, 3.63) is 58.6 Å². The smallest absolute Gasteiger partial charge is 0.246 e. The molecule has 2 aromatic rings. The first-order valence-electron chi connectivity index (χ1n) is 9.53. The van der Waals surface area contributed by atoms with E-state index in [0.717, 1.165) is 30.6 Å². The summed E-state index contributed by atoms with van der Waals surface area (Å²) < 4.78 is 5.55. The average molecular weight is 385 g/mol. The van der Waals surface area contributed by atoms with Gasteiger partial charge in [-0.05, 0) is 48.1 Å². The second kappa shape index (κ2) is 7.17. The molecule has 5 heteroatoms. The Morgan fingerprint density at radius 1 is 1.15 bits per heavy atom. The van der Waals surface area contributed by atoms with Gasteiger partial charge in [-0.15, -0.1) is 0 Å². The fourth-order valence-electron chi connectivity index (χ4n) is 4.27. The van der Waals surface area contributed by atoms with E-state index in [9.17, 15) is 4.79 Å². The molecule has 1 amide bonds.